The number of benzene rings is 2. The number of anilines is 2. The molecule has 1 heterocycles. The van der Waals surface area contributed by atoms with Crippen molar-refractivity contribution in [1.29, 1.82) is 5.26 Å². The highest BCUT2D eigenvalue weighted by molar-refractivity contribution is 5.62. The van der Waals surface area contributed by atoms with E-state index in [1.807, 2.05) is 30.3 Å². The Balaban J connectivity index is 1.70. The van der Waals surface area contributed by atoms with Gasteiger partial charge in [0.25, 0.3) is 0 Å². The molecule has 0 saturated carbocycles. The fourth-order valence-electron chi connectivity index (χ4n) is 2.86. The van der Waals surface area contributed by atoms with Gasteiger partial charge in [0, 0.05) is 6.54 Å². The average molecular weight is 380 g/mol. The Morgan fingerprint density at radius 1 is 1.25 bits per heavy atom. The summed E-state index contributed by atoms with van der Waals surface area (Å²) in [5.41, 5.74) is 7.18. The number of hydrogen-bond donors (Lipinski definition) is 2. The Labute approximate surface area is 160 Å². The highest BCUT2D eigenvalue weighted by Crippen LogP contribution is 2.27. The largest absolute Gasteiger partial charge is 0.382 e. The number of rotatable bonds is 7. The number of nitrogens with two attached hydrogens (primary N) is 1. The van der Waals surface area contributed by atoms with Crippen LogP contribution < -0.4 is 11.1 Å². The van der Waals surface area contributed by atoms with Gasteiger partial charge in [0.2, 0.25) is 5.82 Å². The number of nitro benzene ring substituents is 1. The first kappa shape index (κ1) is 18.8. The Kier molecular flexibility index (Phi) is 5.50. The molecule has 0 aliphatic carbocycles. The molecule has 0 bridgehead atoms. The first-order chi connectivity index (χ1) is 13.5. The predicted molar refractivity (Wildman–Crippen MR) is 103 cm³/mol. The second-order valence-electron chi connectivity index (χ2n) is 5.99. The van der Waals surface area contributed by atoms with Crippen LogP contribution in [0.3, 0.4) is 0 Å². The van der Waals surface area contributed by atoms with Crippen LogP contribution in [0, 0.1) is 27.3 Å². The predicted octanol–water partition coefficient (Wildman–Crippen LogP) is 3.42. The molecule has 28 heavy (non-hydrogen) atoms. The van der Waals surface area contributed by atoms with Gasteiger partial charge in [0.1, 0.15) is 23.1 Å². The first-order valence-corrected chi connectivity index (χ1v) is 8.52. The summed E-state index contributed by atoms with van der Waals surface area (Å²) >= 11 is 0. The molecule has 8 nitrogen and oxygen atoms in total. The van der Waals surface area contributed by atoms with Crippen LogP contribution in [0.15, 0.2) is 48.5 Å². The zero-order valence-electron chi connectivity index (χ0n) is 14.8. The van der Waals surface area contributed by atoms with Crippen LogP contribution in [-0.4, -0.2) is 21.2 Å². The second kappa shape index (κ2) is 8.18. The molecule has 0 amide bonds. The molecule has 0 aliphatic heterocycles. The van der Waals surface area contributed by atoms with E-state index in [0.717, 1.165) is 11.8 Å². The Morgan fingerprint density at radius 2 is 2.00 bits per heavy atom. The molecule has 2 aromatic carbocycles. The molecule has 0 unspecified atom stereocenters. The lowest BCUT2D eigenvalue weighted by atomic mass is 10.1. The fraction of sp³-hybridized carbons (Fsp3) is 0.158. The maximum atomic E-state index is 13.6. The van der Waals surface area contributed by atoms with Crippen molar-refractivity contribution in [3.8, 4) is 11.8 Å². The number of para-hydroxylation sites is 2. The fourth-order valence-corrected chi connectivity index (χ4v) is 2.86. The van der Waals surface area contributed by atoms with Crippen LogP contribution in [0.2, 0.25) is 0 Å². The quantitative estimate of drug-likeness (QED) is 0.368. The summed E-state index contributed by atoms with van der Waals surface area (Å²) in [5, 5.41) is 27.7. The van der Waals surface area contributed by atoms with Gasteiger partial charge < -0.3 is 11.1 Å². The van der Waals surface area contributed by atoms with Gasteiger partial charge in [-0.05, 0) is 37.1 Å². The lowest BCUT2D eigenvalue weighted by Crippen LogP contribution is -2.07. The summed E-state index contributed by atoms with van der Waals surface area (Å²) in [6.45, 7) is 0.341. The van der Waals surface area contributed by atoms with Gasteiger partial charge in [-0.3, -0.25) is 10.1 Å². The first-order valence-electron chi connectivity index (χ1n) is 8.52. The highest BCUT2D eigenvalue weighted by Gasteiger charge is 2.20. The molecule has 0 atom stereocenters. The van der Waals surface area contributed by atoms with E-state index in [-0.39, 0.29) is 11.5 Å². The van der Waals surface area contributed by atoms with E-state index in [9.17, 15) is 19.8 Å². The smallest absolute Gasteiger partial charge is 0.327 e. The van der Waals surface area contributed by atoms with E-state index in [1.165, 1.54) is 16.8 Å². The van der Waals surface area contributed by atoms with Crippen molar-refractivity contribution in [2.45, 2.75) is 12.8 Å². The monoisotopic (exact) mass is 380 g/mol. The van der Waals surface area contributed by atoms with Crippen LogP contribution >= 0.6 is 0 Å². The summed E-state index contributed by atoms with van der Waals surface area (Å²) in [4.78, 5) is 10.3. The van der Waals surface area contributed by atoms with Crippen molar-refractivity contribution in [3.05, 3.63) is 75.7 Å². The highest BCUT2D eigenvalue weighted by atomic mass is 19.1. The lowest BCUT2D eigenvalue weighted by Gasteiger charge is -2.07. The number of nitriles is 1. The van der Waals surface area contributed by atoms with E-state index < -0.39 is 16.4 Å². The molecule has 1 aromatic heterocycles. The van der Waals surface area contributed by atoms with Crippen molar-refractivity contribution >= 4 is 17.2 Å². The van der Waals surface area contributed by atoms with Crippen LogP contribution in [-0.2, 0) is 6.42 Å². The van der Waals surface area contributed by atoms with Crippen LogP contribution in [0.25, 0.3) is 5.69 Å². The summed E-state index contributed by atoms with van der Waals surface area (Å²) < 4.78 is 15.2. The number of halogens is 1. The molecule has 3 N–H and O–H groups in total. The van der Waals surface area contributed by atoms with Gasteiger partial charge in [-0.25, -0.2) is 4.68 Å². The number of aryl methyl sites for hydroxylation is 1. The Bertz CT molecular complexity index is 1040. The van der Waals surface area contributed by atoms with Crippen LogP contribution in [0.4, 0.5) is 21.6 Å². The van der Waals surface area contributed by atoms with E-state index in [0.29, 0.717) is 30.6 Å². The SMILES string of the molecule is N#Cc1c(CCCNc2cccc(F)c2[N+](=O)[O-])nn(-c2ccccc2)c1N. The molecule has 0 fully saturated rings. The lowest BCUT2D eigenvalue weighted by molar-refractivity contribution is -0.386. The van der Waals surface area contributed by atoms with Gasteiger partial charge in [0.05, 0.1) is 16.3 Å². The van der Waals surface area contributed by atoms with Crippen molar-refractivity contribution in [3.63, 3.8) is 0 Å². The van der Waals surface area contributed by atoms with Crippen molar-refractivity contribution in [2.75, 3.05) is 17.6 Å². The molecule has 9 heteroatoms. The molecular weight excluding hydrogens is 363 g/mol. The summed E-state index contributed by atoms with van der Waals surface area (Å²) in [7, 11) is 0. The number of aromatic nitrogens is 2. The van der Waals surface area contributed by atoms with Gasteiger partial charge in [-0.2, -0.15) is 14.8 Å². The third-order valence-corrected chi connectivity index (χ3v) is 4.18. The van der Waals surface area contributed by atoms with E-state index in [4.69, 9.17) is 5.73 Å². The average Bonchev–Trinajstić information content (AvgIpc) is 3.01. The summed E-state index contributed by atoms with van der Waals surface area (Å²) in [6, 6.07) is 15.2. The van der Waals surface area contributed by atoms with Crippen LogP contribution in [0.5, 0.6) is 0 Å². The summed E-state index contributed by atoms with van der Waals surface area (Å²) in [6.07, 6.45) is 0.955. The van der Waals surface area contributed by atoms with Crippen molar-refractivity contribution in [1.82, 2.24) is 9.78 Å². The number of nitrogens with zero attached hydrogens (tertiary/aromatic N) is 4. The van der Waals surface area contributed by atoms with Crippen molar-refractivity contribution < 1.29 is 9.31 Å². The van der Waals surface area contributed by atoms with Crippen molar-refractivity contribution in [2.24, 2.45) is 0 Å². The van der Waals surface area contributed by atoms with E-state index >= 15 is 0 Å². The van der Waals surface area contributed by atoms with Gasteiger partial charge in [-0.15, -0.1) is 0 Å². The number of nitrogens with one attached hydrogen (secondary N) is 1. The Morgan fingerprint density at radius 3 is 2.68 bits per heavy atom. The van der Waals surface area contributed by atoms with E-state index in [1.54, 1.807) is 0 Å². The summed E-state index contributed by atoms with van der Waals surface area (Å²) in [5.74, 6) is -0.631. The maximum Gasteiger partial charge on any atom is 0.327 e. The van der Waals surface area contributed by atoms with Gasteiger partial charge in [-0.1, -0.05) is 24.3 Å². The van der Waals surface area contributed by atoms with Gasteiger partial charge >= 0.3 is 5.69 Å². The third kappa shape index (κ3) is 3.76. The molecule has 0 aliphatic rings. The minimum Gasteiger partial charge on any atom is -0.382 e. The minimum absolute atomic E-state index is 0.111. The Hall–Kier alpha value is -3.93. The zero-order valence-corrected chi connectivity index (χ0v) is 14.8. The topological polar surface area (TPSA) is 123 Å². The normalized spacial score (nSPS) is 10.4. The third-order valence-electron chi connectivity index (χ3n) is 4.18. The molecule has 0 saturated heterocycles. The number of nitro groups is 1. The molecule has 3 aromatic rings. The standard InChI is InChI=1S/C19H17FN6O2/c20-15-8-4-9-17(18(15)26(27)28)23-11-5-10-16-14(12-21)19(22)25(24-16)13-6-2-1-3-7-13/h1-4,6-9,23H,5,10-11,22H2. The number of hydrogen-bond acceptors (Lipinski definition) is 6. The molecule has 0 radical (unpaired) electrons. The maximum absolute atomic E-state index is 13.6. The van der Waals surface area contributed by atoms with Crippen LogP contribution in [0.1, 0.15) is 17.7 Å². The van der Waals surface area contributed by atoms with Gasteiger partial charge in [0.15, 0.2) is 0 Å². The molecular formula is C19H17FN6O2. The molecule has 3 rings (SSSR count). The van der Waals surface area contributed by atoms with E-state index in [2.05, 4.69) is 16.5 Å². The minimum atomic E-state index is -0.892. The zero-order chi connectivity index (χ0) is 20.1. The second-order valence-corrected chi connectivity index (χ2v) is 5.99. The number of nitrogen functional groups attached to an aromatic ring is 1. The molecule has 142 valence electrons. The molecule has 0 spiro atoms.